The van der Waals surface area contributed by atoms with Gasteiger partial charge >= 0.3 is 0 Å². The molecule has 0 bridgehead atoms. The van der Waals surface area contributed by atoms with Gasteiger partial charge in [0.05, 0.1) is 0 Å². The Morgan fingerprint density at radius 1 is 1.32 bits per heavy atom. The van der Waals surface area contributed by atoms with Gasteiger partial charge in [-0.3, -0.25) is 14.5 Å². The number of ether oxygens (including phenoxy) is 1. The molecule has 1 aromatic carbocycles. The summed E-state index contributed by atoms with van der Waals surface area (Å²) in [6, 6.07) is 7.20. The fourth-order valence-electron chi connectivity index (χ4n) is 1.92. The van der Waals surface area contributed by atoms with E-state index in [9.17, 15) is 4.21 Å². The number of amidine groups is 1. The van der Waals surface area contributed by atoms with E-state index in [0.29, 0.717) is 12.2 Å². The average Bonchev–Trinajstić information content (AvgIpc) is 2.41. The summed E-state index contributed by atoms with van der Waals surface area (Å²) < 4.78 is 16.9. The Balaban J connectivity index is 1.73. The summed E-state index contributed by atoms with van der Waals surface area (Å²) in [5.74, 6) is 2.39. The van der Waals surface area contributed by atoms with E-state index in [1.807, 2.05) is 12.1 Å². The van der Waals surface area contributed by atoms with Gasteiger partial charge in [0, 0.05) is 47.5 Å². The molecule has 0 aliphatic carbocycles. The number of hydrogen-bond donors (Lipinski definition) is 2. The number of benzene rings is 1. The maximum Gasteiger partial charge on any atom is 0.122 e. The van der Waals surface area contributed by atoms with Crippen molar-refractivity contribution in [3.05, 3.63) is 29.8 Å². The Kier molecular flexibility index (Phi) is 4.93. The van der Waals surface area contributed by atoms with Gasteiger partial charge < -0.3 is 10.5 Å². The van der Waals surface area contributed by atoms with Gasteiger partial charge in [-0.15, -0.1) is 0 Å². The van der Waals surface area contributed by atoms with Crippen LogP contribution < -0.4 is 10.5 Å². The first-order valence-corrected chi connectivity index (χ1v) is 7.78. The van der Waals surface area contributed by atoms with Crippen LogP contribution in [0.4, 0.5) is 0 Å². The first-order chi connectivity index (χ1) is 9.15. The maximum absolute atomic E-state index is 11.2. The number of nitrogens with two attached hydrogens (primary N) is 1. The standard InChI is InChI=1S/C13H19N3O2S/c14-13(15)11-1-3-12(4-2-11)18-8-5-16-6-9-19(17)10-7-16/h1-4H,5-10H2,(H3,14,15). The number of nitrogens with one attached hydrogen (secondary N) is 1. The Morgan fingerprint density at radius 3 is 2.53 bits per heavy atom. The summed E-state index contributed by atoms with van der Waals surface area (Å²) >= 11 is 0. The molecule has 5 nitrogen and oxygen atoms in total. The monoisotopic (exact) mass is 281 g/mol. The molecule has 0 unspecified atom stereocenters. The van der Waals surface area contributed by atoms with E-state index in [-0.39, 0.29) is 5.84 Å². The van der Waals surface area contributed by atoms with E-state index >= 15 is 0 Å². The third-order valence-corrected chi connectivity index (χ3v) is 4.39. The van der Waals surface area contributed by atoms with E-state index in [1.165, 1.54) is 0 Å². The van der Waals surface area contributed by atoms with Crippen molar-refractivity contribution in [3.8, 4) is 5.75 Å². The lowest BCUT2D eigenvalue weighted by Gasteiger charge is -2.25. The van der Waals surface area contributed by atoms with E-state index < -0.39 is 10.8 Å². The van der Waals surface area contributed by atoms with Crippen LogP contribution in [0.1, 0.15) is 5.56 Å². The highest BCUT2D eigenvalue weighted by molar-refractivity contribution is 7.85. The van der Waals surface area contributed by atoms with Crippen LogP contribution in [0.3, 0.4) is 0 Å². The van der Waals surface area contributed by atoms with Crippen molar-refractivity contribution in [2.75, 3.05) is 37.7 Å². The lowest BCUT2D eigenvalue weighted by molar-refractivity contribution is 0.221. The van der Waals surface area contributed by atoms with Gasteiger partial charge in [0.15, 0.2) is 0 Å². The van der Waals surface area contributed by atoms with Crippen LogP contribution in [-0.4, -0.2) is 52.7 Å². The van der Waals surface area contributed by atoms with Crippen LogP contribution in [0.5, 0.6) is 5.75 Å². The predicted molar refractivity (Wildman–Crippen MR) is 77.3 cm³/mol. The summed E-state index contributed by atoms with van der Waals surface area (Å²) in [5.41, 5.74) is 6.08. The largest absolute Gasteiger partial charge is 0.492 e. The first kappa shape index (κ1) is 14.0. The van der Waals surface area contributed by atoms with E-state index in [4.69, 9.17) is 15.9 Å². The molecular formula is C13H19N3O2S. The lowest BCUT2D eigenvalue weighted by Crippen LogP contribution is -2.39. The quantitative estimate of drug-likeness (QED) is 0.605. The summed E-state index contributed by atoms with van der Waals surface area (Å²) in [6.07, 6.45) is 0. The van der Waals surface area contributed by atoms with Gasteiger partial charge in [-0.05, 0) is 24.3 Å². The smallest absolute Gasteiger partial charge is 0.122 e. The molecule has 0 spiro atoms. The molecule has 0 radical (unpaired) electrons. The molecule has 0 atom stereocenters. The molecule has 1 aliphatic heterocycles. The topological polar surface area (TPSA) is 79.4 Å². The van der Waals surface area contributed by atoms with Crippen LogP contribution in [-0.2, 0) is 10.8 Å². The number of hydrogen-bond acceptors (Lipinski definition) is 4. The van der Waals surface area contributed by atoms with Crippen molar-refractivity contribution >= 4 is 16.6 Å². The minimum atomic E-state index is -0.624. The van der Waals surface area contributed by atoms with Crippen molar-refractivity contribution in [1.29, 1.82) is 5.41 Å². The molecule has 0 amide bonds. The second kappa shape index (κ2) is 6.68. The van der Waals surface area contributed by atoms with Gasteiger partial charge in [-0.25, -0.2) is 0 Å². The van der Waals surface area contributed by atoms with Gasteiger partial charge in [0.1, 0.15) is 18.2 Å². The summed E-state index contributed by atoms with van der Waals surface area (Å²) in [4.78, 5) is 2.27. The average molecular weight is 281 g/mol. The van der Waals surface area contributed by atoms with Crippen molar-refractivity contribution < 1.29 is 8.95 Å². The second-order valence-corrected chi connectivity index (χ2v) is 6.17. The van der Waals surface area contributed by atoms with Crippen LogP contribution >= 0.6 is 0 Å². The Hall–Kier alpha value is -1.40. The molecule has 6 heteroatoms. The zero-order valence-electron chi connectivity index (χ0n) is 10.8. The molecule has 104 valence electrons. The molecule has 1 fully saturated rings. The van der Waals surface area contributed by atoms with Crippen LogP contribution in [0.25, 0.3) is 0 Å². The van der Waals surface area contributed by atoms with Gasteiger partial charge in [-0.2, -0.15) is 0 Å². The van der Waals surface area contributed by atoms with E-state index in [2.05, 4.69) is 4.90 Å². The molecule has 3 N–H and O–H groups in total. The predicted octanol–water partition coefficient (Wildman–Crippen LogP) is 0.414. The molecule has 1 aliphatic rings. The van der Waals surface area contributed by atoms with Crippen molar-refractivity contribution in [2.24, 2.45) is 5.73 Å². The number of rotatable bonds is 5. The third-order valence-electron chi connectivity index (χ3n) is 3.11. The van der Waals surface area contributed by atoms with Crippen LogP contribution in [0.15, 0.2) is 24.3 Å². The zero-order chi connectivity index (χ0) is 13.7. The Labute approximate surface area is 115 Å². The summed E-state index contributed by atoms with van der Waals surface area (Å²) in [5, 5.41) is 7.30. The van der Waals surface area contributed by atoms with E-state index in [1.54, 1.807) is 12.1 Å². The zero-order valence-corrected chi connectivity index (χ0v) is 11.6. The van der Waals surface area contributed by atoms with Gasteiger partial charge in [0.2, 0.25) is 0 Å². The molecular weight excluding hydrogens is 262 g/mol. The Morgan fingerprint density at radius 2 is 1.95 bits per heavy atom. The van der Waals surface area contributed by atoms with Gasteiger partial charge in [0.25, 0.3) is 0 Å². The fourth-order valence-corrected chi connectivity index (χ4v) is 3.05. The van der Waals surface area contributed by atoms with Crippen LogP contribution in [0, 0.1) is 5.41 Å². The molecule has 0 saturated carbocycles. The minimum absolute atomic E-state index is 0.0628. The third kappa shape index (κ3) is 4.33. The summed E-state index contributed by atoms with van der Waals surface area (Å²) in [7, 11) is -0.624. The number of nitrogens with zero attached hydrogens (tertiary/aromatic N) is 1. The molecule has 1 heterocycles. The van der Waals surface area contributed by atoms with Crippen molar-refractivity contribution in [2.45, 2.75) is 0 Å². The first-order valence-electron chi connectivity index (χ1n) is 6.30. The van der Waals surface area contributed by atoms with Crippen molar-refractivity contribution in [1.82, 2.24) is 4.90 Å². The molecule has 19 heavy (non-hydrogen) atoms. The number of nitrogen functional groups attached to an aromatic ring is 1. The highest BCUT2D eigenvalue weighted by Gasteiger charge is 2.14. The molecule has 0 aromatic heterocycles. The van der Waals surface area contributed by atoms with Gasteiger partial charge in [-0.1, -0.05) is 0 Å². The minimum Gasteiger partial charge on any atom is -0.492 e. The molecule has 1 aromatic rings. The highest BCUT2D eigenvalue weighted by Crippen LogP contribution is 2.12. The van der Waals surface area contributed by atoms with Crippen molar-refractivity contribution in [3.63, 3.8) is 0 Å². The Bertz CT molecular complexity index is 451. The SMILES string of the molecule is N=C(N)c1ccc(OCCN2CCS(=O)CC2)cc1. The molecule has 1 saturated heterocycles. The lowest BCUT2D eigenvalue weighted by atomic mass is 10.2. The van der Waals surface area contributed by atoms with E-state index in [0.717, 1.165) is 36.9 Å². The highest BCUT2D eigenvalue weighted by atomic mass is 32.2. The summed E-state index contributed by atoms with van der Waals surface area (Å²) in [6.45, 7) is 3.25. The normalized spacial score (nSPS) is 17.3. The second-order valence-electron chi connectivity index (χ2n) is 4.48. The fraction of sp³-hybridized carbons (Fsp3) is 0.462. The van der Waals surface area contributed by atoms with Crippen LogP contribution in [0.2, 0.25) is 0 Å². The molecule has 2 rings (SSSR count). The maximum atomic E-state index is 11.2.